The van der Waals surface area contributed by atoms with Gasteiger partial charge in [0, 0.05) is 33.8 Å². The van der Waals surface area contributed by atoms with Crippen molar-refractivity contribution in [2.45, 2.75) is 26.2 Å². The Morgan fingerprint density at radius 1 is 0.516 bits per heavy atom. The molecular weight excluding hydrogens is 749 g/mol. The summed E-state index contributed by atoms with van der Waals surface area (Å²) in [5.41, 5.74) is 19.0. The van der Waals surface area contributed by atoms with Crippen molar-refractivity contribution >= 4 is 50.0 Å². The first kappa shape index (κ1) is 37.3. The molecule has 2 nitrogen and oxygen atoms in total. The zero-order valence-corrected chi connectivity index (χ0v) is 35.3. The number of para-hydroxylation sites is 3. The van der Waals surface area contributed by atoms with Crippen LogP contribution in [-0.4, -0.2) is 0 Å². The Hall–Kier alpha value is -7.68. The number of hydrogen-bond donors (Lipinski definition) is 0. The van der Waals surface area contributed by atoms with Crippen LogP contribution in [0.3, 0.4) is 0 Å². The van der Waals surface area contributed by atoms with Gasteiger partial charge in [-0.3, -0.25) is 0 Å². The highest BCUT2D eigenvalue weighted by molar-refractivity contribution is 6.15. The van der Waals surface area contributed by atoms with Crippen LogP contribution < -0.4 is 9.80 Å². The molecule has 0 radical (unpaired) electrons. The lowest BCUT2D eigenvalue weighted by molar-refractivity contribution is 0.802. The van der Waals surface area contributed by atoms with Crippen molar-refractivity contribution in [3.8, 4) is 22.3 Å². The van der Waals surface area contributed by atoms with E-state index in [1.54, 1.807) is 0 Å². The molecule has 2 aliphatic rings. The monoisotopic (exact) mass is 794 g/mol. The summed E-state index contributed by atoms with van der Waals surface area (Å²) in [6, 6.07) is 72.0. The summed E-state index contributed by atoms with van der Waals surface area (Å²) in [6.07, 6.45) is 6.18. The highest BCUT2D eigenvalue weighted by Gasteiger charge is 2.53. The average molecular weight is 795 g/mol. The zero-order chi connectivity index (χ0) is 42.0. The second kappa shape index (κ2) is 14.8. The van der Waals surface area contributed by atoms with E-state index < -0.39 is 5.41 Å². The van der Waals surface area contributed by atoms with Crippen molar-refractivity contribution in [2.24, 2.45) is 0 Å². The van der Waals surface area contributed by atoms with Gasteiger partial charge in [0.25, 0.3) is 0 Å². The topological polar surface area (TPSA) is 6.48 Å². The maximum absolute atomic E-state index is 4.12. The van der Waals surface area contributed by atoms with Gasteiger partial charge >= 0.3 is 0 Å². The molecule has 0 bridgehead atoms. The van der Waals surface area contributed by atoms with E-state index in [2.05, 4.69) is 243 Å². The predicted molar refractivity (Wildman–Crippen MR) is 263 cm³/mol. The number of anilines is 5. The van der Waals surface area contributed by atoms with Crippen molar-refractivity contribution in [1.82, 2.24) is 0 Å². The molecule has 0 saturated carbocycles. The Balaban J connectivity index is 1.26. The summed E-state index contributed by atoms with van der Waals surface area (Å²) in [6.45, 7) is 10.6. The maximum atomic E-state index is 4.12. The van der Waals surface area contributed by atoms with Gasteiger partial charge in [0.15, 0.2) is 0 Å². The third-order valence-corrected chi connectivity index (χ3v) is 13.3. The van der Waals surface area contributed by atoms with E-state index in [0.29, 0.717) is 0 Å². The molecule has 2 heteroatoms. The van der Waals surface area contributed by atoms with E-state index in [9.17, 15) is 0 Å². The smallest absolute Gasteiger partial charge is 0.0732 e. The molecule has 0 atom stereocenters. The fourth-order valence-corrected chi connectivity index (χ4v) is 10.6. The minimum Gasteiger partial charge on any atom is -0.310 e. The SMILES string of the molecule is C=C/C=C(\C(C)=C/C)N(c1ccccc1)c1ccc2c3c(ccc2c1)-c1c(cc(N(c2ccccc2)c2ccccc2C)c2ccccc12)C31c2ccccc2-c2ccccc21. The normalized spacial score (nSPS) is 13.5. The highest BCUT2D eigenvalue weighted by atomic mass is 15.2. The van der Waals surface area contributed by atoms with Gasteiger partial charge in [0.2, 0.25) is 0 Å². The van der Waals surface area contributed by atoms with Gasteiger partial charge < -0.3 is 9.80 Å². The third-order valence-electron chi connectivity index (χ3n) is 13.3. The van der Waals surface area contributed by atoms with E-state index in [1.807, 2.05) is 6.08 Å². The van der Waals surface area contributed by atoms with Gasteiger partial charge in [-0.15, -0.1) is 0 Å². The van der Waals surface area contributed by atoms with Crippen LogP contribution in [0, 0.1) is 6.92 Å². The average Bonchev–Trinajstić information content (AvgIpc) is 3.80. The predicted octanol–water partition coefficient (Wildman–Crippen LogP) is 16.3. The van der Waals surface area contributed by atoms with Gasteiger partial charge in [0.05, 0.1) is 11.1 Å². The van der Waals surface area contributed by atoms with Gasteiger partial charge in [0.1, 0.15) is 0 Å². The second-order valence-electron chi connectivity index (χ2n) is 16.5. The lowest BCUT2D eigenvalue weighted by Gasteiger charge is -2.34. The molecule has 0 aliphatic heterocycles. The Morgan fingerprint density at radius 2 is 1.13 bits per heavy atom. The largest absolute Gasteiger partial charge is 0.310 e. The Kier molecular flexibility index (Phi) is 8.91. The lowest BCUT2D eigenvalue weighted by Crippen LogP contribution is -2.26. The van der Waals surface area contributed by atoms with Crippen LogP contribution in [0.5, 0.6) is 0 Å². The molecule has 296 valence electrons. The minimum atomic E-state index is -0.583. The fourth-order valence-electron chi connectivity index (χ4n) is 10.6. The number of nitrogens with zero attached hydrogens (tertiary/aromatic N) is 2. The molecule has 9 aromatic carbocycles. The molecule has 0 amide bonds. The highest BCUT2D eigenvalue weighted by Crippen LogP contribution is 2.66. The van der Waals surface area contributed by atoms with Gasteiger partial charge in [-0.05, 0) is 147 Å². The summed E-state index contributed by atoms with van der Waals surface area (Å²) in [7, 11) is 0. The quantitative estimate of drug-likeness (QED) is 0.141. The minimum absolute atomic E-state index is 0.583. The van der Waals surface area contributed by atoms with Crippen LogP contribution in [0.25, 0.3) is 43.8 Å². The molecule has 1 spiro atoms. The molecule has 0 unspecified atom stereocenters. The van der Waals surface area contributed by atoms with E-state index in [0.717, 1.165) is 22.8 Å². The Morgan fingerprint density at radius 3 is 1.81 bits per heavy atom. The van der Waals surface area contributed by atoms with Crippen molar-refractivity contribution < 1.29 is 0 Å². The molecule has 62 heavy (non-hydrogen) atoms. The lowest BCUT2D eigenvalue weighted by atomic mass is 9.69. The van der Waals surface area contributed by atoms with Crippen molar-refractivity contribution in [3.63, 3.8) is 0 Å². The van der Waals surface area contributed by atoms with Crippen LogP contribution in [0.4, 0.5) is 28.4 Å². The van der Waals surface area contributed by atoms with Gasteiger partial charge in [-0.2, -0.15) is 0 Å². The van der Waals surface area contributed by atoms with Gasteiger partial charge in [-0.25, -0.2) is 0 Å². The maximum Gasteiger partial charge on any atom is 0.0732 e. The zero-order valence-electron chi connectivity index (χ0n) is 35.3. The molecular formula is C60H46N2. The number of hydrogen-bond acceptors (Lipinski definition) is 2. The third kappa shape index (κ3) is 5.43. The Bertz CT molecular complexity index is 3250. The molecule has 11 rings (SSSR count). The summed E-state index contributed by atoms with van der Waals surface area (Å²) >= 11 is 0. The van der Waals surface area contributed by atoms with E-state index >= 15 is 0 Å². The molecule has 9 aromatic rings. The molecule has 0 aromatic heterocycles. The summed E-state index contributed by atoms with van der Waals surface area (Å²) in [5, 5.41) is 4.92. The number of fused-ring (bicyclic) bond motifs is 14. The van der Waals surface area contributed by atoms with Crippen LogP contribution >= 0.6 is 0 Å². The first-order chi connectivity index (χ1) is 30.5. The van der Waals surface area contributed by atoms with E-state index in [1.165, 1.54) is 88.6 Å². The first-order valence-corrected chi connectivity index (χ1v) is 21.6. The van der Waals surface area contributed by atoms with Crippen molar-refractivity contribution in [1.29, 1.82) is 0 Å². The Labute approximate surface area is 364 Å². The summed E-state index contributed by atoms with van der Waals surface area (Å²) in [4.78, 5) is 4.84. The molecule has 0 heterocycles. The number of aryl methyl sites for hydroxylation is 1. The summed E-state index contributed by atoms with van der Waals surface area (Å²) < 4.78 is 0. The molecule has 2 aliphatic carbocycles. The second-order valence-corrected chi connectivity index (χ2v) is 16.5. The molecule has 0 fully saturated rings. The number of rotatable bonds is 8. The van der Waals surface area contributed by atoms with Crippen LogP contribution in [0.15, 0.2) is 230 Å². The van der Waals surface area contributed by atoms with Crippen LogP contribution in [0.1, 0.15) is 41.7 Å². The van der Waals surface area contributed by atoms with Crippen molar-refractivity contribution in [2.75, 3.05) is 9.80 Å². The molecule has 0 saturated heterocycles. The number of allylic oxidation sites excluding steroid dienone is 4. The van der Waals surface area contributed by atoms with Crippen LogP contribution in [-0.2, 0) is 5.41 Å². The summed E-state index contributed by atoms with van der Waals surface area (Å²) in [5.74, 6) is 0. The van der Waals surface area contributed by atoms with E-state index in [4.69, 9.17) is 0 Å². The standard InChI is InChI=1S/C60H46N2/c1-5-21-55(40(3)6-2)61(43-23-9-7-10-24-43)45-35-37-46-42(38-45)34-36-51-58-50-30-15-14-29-49(50)57(62(44-25-11-8-12-26-44)56-33-20-13-22-41(56)4)39-54(58)60(59(46)51)52-31-18-16-27-47(52)48-28-17-19-32-53(48)60/h5-39H,1H2,2-4H3/b40-6-,55-21+. The molecule has 0 N–H and O–H groups in total. The first-order valence-electron chi connectivity index (χ1n) is 21.6. The fraction of sp³-hybridized carbons (Fsp3) is 0.0667. The van der Waals surface area contributed by atoms with Crippen LogP contribution in [0.2, 0.25) is 0 Å². The number of benzene rings is 9. The van der Waals surface area contributed by atoms with Gasteiger partial charge in [-0.1, -0.05) is 164 Å². The van der Waals surface area contributed by atoms with E-state index in [-0.39, 0.29) is 0 Å². The van der Waals surface area contributed by atoms with Crippen molar-refractivity contribution in [3.05, 3.63) is 258 Å².